The van der Waals surface area contributed by atoms with Crippen molar-refractivity contribution in [3.8, 4) is 0 Å². The number of aliphatic imine (C=N–C) groups is 1. The molecule has 1 atom stereocenters. The van der Waals surface area contributed by atoms with E-state index < -0.39 is 0 Å². The Kier molecular flexibility index (Phi) is 6.43. The second-order valence-corrected chi connectivity index (χ2v) is 5.65. The minimum absolute atomic E-state index is 0.308. The fourth-order valence-corrected chi connectivity index (χ4v) is 2.46. The first kappa shape index (κ1) is 15.2. The molecule has 5 nitrogen and oxygen atoms in total. The summed E-state index contributed by atoms with van der Waals surface area (Å²) in [5.41, 5.74) is 2.97. The van der Waals surface area contributed by atoms with Crippen molar-refractivity contribution in [1.82, 2.24) is 10.7 Å². The van der Waals surface area contributed by atoms with Crippen LogP contribution in [0, 0.1) is 5.41 Å². The van der Waals surface area contributed by atoms with Crippen molar-refractivity contribution in [3.05, 3.63) is 0 Å². The SMILES string of the molecule is COCCCN=C(NN)NC1CCCCC1(C)C. The van der Waals surface area contributed by atoms with E-state index in [9.17, 15) is 0 Å². The molecule has 0 saturated heterocycles. The molecule has 0 spiro atoms. The number of guanidine groups is 1. The zero-order chi connectivity index (χ0) is 13.4. The average molecular weight is 256 g/mol. The minimum Gasteiger partial charge on any atom is -0.385 e. The van der Waals surface area contributed by atoms with E-state index in [0.29, 0.717) is 17.4 Å². The lowest BCUT2D eigenvalue weighted by Gasteiger charge is -2.39. The van der Waals surface area contributed by atoms with Crippen molar-refractivity contribution in [2.75, 3.05) is 20.3 Å². The molecule has 1 unspecified atom stereocenters. The Labute approximate surface area is 111 Å². The van der Waals surface area contributed by atoms with E-state index in [1.165, 1.54) is 25.7 Å². The maximum Gasteiger partial charge on any atom is 0.205 e. The van der Waals surface area contributed by atoms with Gasteiger partial charge in [-0.1, -0.05) is 26.7 Å². The number of hydrogen-bond donors (Lipinski definition) is 3. The number of nitrogens with zero attached hydrogens (tertiary/aromatic N) is 1. The molecule has 0 aromatic rings. The van der Waals surface area contributed by atoms with Gasteiger partial charge in [0.05, 0.1) is 0 Å². The highest BCUT2D eigenvalue weighted by atomic mass is 16.5. The molecule has 0 amide bonds. The first-order chi connectivity index (χ1) is 8.60. The highest BCUT2D eigenvalue weighted by molar-refractivity contribution is 5.79. The van der Waals surface area contributed by atoms with Gasteiger partial charge in [-0.25, -0.2) is 5.84 Å². The van der Waals surface area contributed by atoms with Crippen LogP contribution in [0.15, 0.2) is 4.99 Å². The largest absolute Gasteiger partial charge is 0.385 e. The van der Waals surface area contributed by atoms with Gasteiger partial charge in [-0.05, 0) is 24.7 Å². The summed E-state index contributed by atoms with van der Waals surface area (Å²) in [6.45, 7) is 6.08. The predicted molar refractivity (Wildman–Crippen MR) is 75.3 cm³/mol. The van der Waals surface area contributed by atoms with Gasteiger partial charge in [0, 0.05) is 26.3 Å². The van der Waals surface area contributed by atoms with Crippen LogP contribution < -0.4 is 16.6 Å². The second kappa shape index (κ2) is 7.59. The molecule has 1 fully saturated rings. The zero-order valence-electron chi connectivity index (χ0n) is 12.0. The van der Waals surface area contributed by atoms with Crippen LogP contribution in [0.3, 0.4) is 0 Å². The van der Waals surface area contributed by atoms with E-state index in [2.05, 4.69) is 29.6 Å². The zero-order valence-corrected chi connectivity index (χ0v) is 12.0. The number of hydrogen-bond acceptors (Lipinski definition) is 3. The fourth-order valence-electron chi connectivity index (χ4n) is 2.46. The maximum absolute atomic E-state index is 5.52. The Bertz CT molecular complexity index is 266. The fraction of sp³-hybridized carbons (Fsp3) is 0.923. The van der Waals surface area contributed by atoms with E-state index in [4.69, 9.17) is 10.6 Å². The number of rotatable bonds is 5. The molecule has 0 radical (unpaired) electrons. The molecule has 4 N–H and O–H groups in total. The number of methoxy groups -OCH3 is 1. The Balaban J connectivity index is 2.45. The van der Waals surface area contributed by atoms with Gasteiger partial charge in [-0.3, -0.25) is 10.4 Å². The van der Waals surface area contributed by atoms with Crippen LogP contribution in [0.4, 0.5) is 0 Å². The molecular weight excluding hydrogens is 228 g/mol. The van der Waals surface area contributed by atoms with Crippen LogP contribution in [0.2, 0.25) is 0 Å². The van der Waals surface area contributed by atoms with Crippen molar-refractivity contribution in [1.29, 1.82) is 0 Å². The number of nitrogens with one attached hydrogen (secondary N) is 2. The lowest BCUT2D eigenvalue weighted by atomic mass is 9.73. The van der Waals surface area contributed by atoms with Crippen molar-refractivity contribution in [2.45, 2.75) is 52.0 Å². The molecule has 0 heterocycles. The highest BCUT2D eigenvalue weighted by Crippen LogP contribution is 2.35. The van der Waals surface area contributed by atoms with Gasteiger partial charge in [0.25, 0.3) is 0 Å². The summed E-state index contributed by atoms with van der Waals surface area (Å²) in [6, 6.07) is 0.448. The Hall–Kier alpha value is -0.810. The summed E-state index contributed by atoms with van der Waals surface area (Å²) in [5.74, 6) is 6.22. The normalized spacial score (nSPS) is 23.8. The van der Waals surface area contributed by atoms with Crippen molar-refractivity contribution >= 4 is 5.96 Å². The summed E-state index contributed by atoms with van der Waals surface area (Å²) < 4.78 is 5.00. The summed E-state index contributed by atoms with van der Waals surface area (Å²) >= 11 is 0. The smallest absolute Gasteiger partial charge is 0.205 e. The molecule has 1 aliphatic rings. The first-order valence-electron chi connectivity index (χ1n) is 6.86. The molecule has 0 bridgehead atoms. The lowest BCUT2D eigenvalue weighted by molar-refractivity contribution is 0.184. The quantitative estimate of drug-likeness (QED) is 0.229. The van der Waals surface area contributed by atoms with Gasteiger partial charge in [-0.15, -0.1) is 0 Å². The van der Waals surface area contributed by atoms with E-state index in [-0.39, 0.29) is 0 Å². The number of hydrazine groups is 1. The van der Waals surface area contributed by atoms with Gasteiger partial charge >= 0.3 is 0 Å². The Morgan fingerprint density at radius 2 is 2.22 bits per heavy atom. The van der Waals surface area contributed by atoms with Crippen LogP contribution in [0.5, 0.6) is 0 Å². The summed E-state index contributed by atoms with van der Waals surface area (Å²) in [6.07, 6.45) is 5.96. The van der Waals surface area contributed by atoms with Crippen molar-refractivity contribution in [2.24, 2.45) is 16.3 Å². The standard InChI is InChI=1S/C13H28N4O/c1-13(2)8-5-4-7-11(13)16-12(17-14)15-9-6-10-18-3/h11H,4-10,14H2,1-3H3,(H2,15,16,17). The van der Waals surface area contributed by atoms with Crippen LogP contribution in [0.25, 0.3) is 0 Å². The van der Waals surface area contributed by atoms with Gasteiger partial charge in [0.2, 0.25) is 5.96 Å². The second-order valence-electron chi connectivity index (χ2n) is 5.65. The van der Waals surface area contributed by atoms with Crippen molar-refractivity contribution in [3.63, 3.8) is 0 Å². The predicted octanol–water partition coefficient (Wildman–Crippen LogP) is 1.40. The van der Waals surface area contributed by atoms with E-state index >= 15 is 0 Å². The third kappa shape index (κ3) is 4.82. The Morgan fingerprint density at radius 1 is 1.44 bits per heavy atom. The topological polar surface area (TPSA) is 71.7 Å². The molecule has 1 saturated carbocycles. The molecular formula is C13H28N4O. The van der Waals surface area contributed by atoms with Crippen LogP contribution in [0.1, 0.15) is 46.0 Å². The number of ether oxygens (including phenoxy) is 1. The molecule has 0 aromatic carbocycles. The molecule has 5 heteroatoms. The third-order valence-electron chi connectivity index (χ3n) is 3.73. The monoisotopic (exact) mass is 256 g/mol. The summed E-state index contributed by atoms with van der Waals surface area (Å²) in [5, 5.41) is 3.45. The van der Waals surface area contributed by atoms with Gasteiger partial charge in [0.1, 0.15) is 0 Å². The van der Waals surface area contributed by atoms with Gasteiger partial charge in [-0.2, -0.15) is 0 Å². The molecule has 18 heavy (non-hydrogen) atoms. The molecule has 106 valence electrons. The number of nitrogens with two attached hydrogens (primary N) is 1. The highest BCUT2D eigenvalue weighted by Gasteiger charge is 2.32. The van der Waals surface area contributed by atoms with E-state index in [1.54, 1.807) is 7.11 Å². The Morgan fingerprint density at radius 3 is 2.83 bits per heavy atom. The van der Waals surface area contributed by atoms with E-state index in [1.807, 2.05) is 0 Å². The van der Waals surface area contributed by atoms with Crippen LogP contribution in [-0.4, -0.2) is 32.3 Å². The summed E-state index contributed by atoms with van der Waals surface area (Å²) in [7, 11) is 1.70. The van der Waals surface area contributed by atoms with Crippen molar-refractivity contribution < 1.29 is 4.74 Å². The van der Waals surface area contributed by atoms with Gasteiger partial charge in [0.15, 0.2) is 0 Å². The molecule has 1 aliphatic carbocycles. The third-order valence-corrected chi connectivity index (χ3v) is 3.73. The minimum atomic E-state index is 0.308. The lowest BCUT2D eigenvalue weighted by Crippen LogP contribution is -2.52. The van der Waals surface area contributed by atoms with E-state index in [0.717, 1.165) is 19.6 Å². The first-order valence-corrected chi connectivity index (χ1v) is 6.86. The molecule has 1 rings (SSSR count). The van der Waals surface area contributed by atoms with Crippen LogP contribution in [-0.2, 0) is 4.74 Å². The molecule has 0 aromatic heterocycles. The summed E-state index contributed by atoms with van der Waals surface area (Å²) in [4.78, 5) is 4.43. The molecule has 0 aliphatic heterocycles. The maximum atomic E-state index is 5.52. The van der Waals surface area contributed by atoms with Crippen LogP contribution >= 0.6 is 0 Å². The average Bonchev–Trinajstić information content (AvgIpc) is 2.35. The van der Waals surface area contributed by atoms with Gasteiger partial charge < -0.3 is 10.1 Å².